The third-order valence-electron chi connectivity index (χ3n) is 5.30. The highest BCUT2D eigenvalue weighted by atomic mass is 16.6. The molecule has 33 heavy (non-hydrogen) atoms. The zero-order chi connectivity index (χ0) is 24.0. The van der Waals surface area contributed by atoms with E-state index in [1.165, 1.54) is 0 Å². The van der Waals surface area contributed by atoms with Crippen LogP contribution >= 0.6 is 0 Å². The molecule has 0 bridgehead atoms. The molecule has 2 N–H and O–H groups in total. The minimum Gasteiger partial charge on any atom is -0.384 e. The van der Waals surface area contributed by atoms with E-state index >= 15 is 0 Å². The molecule has 7 heteroatoms. The van der Waals surface area contributed by atoms with E-state index in [0.29, 0.717) is 13.1 Å². The van der Waals surface area contributed by atoms with Crippen LogP contribution in [0.15, 0.2) is 65.8 Å². The number of amides is 1. The lowest BCUT2D eigenvalue weighted by atomic mass is 10.0. The third kappa shape index (κ3) is 6.68. The van der Waals surface area contributed by atoms with E-state index in [2.05, 4.69) is 10.3 Å². The number of nitrogens with two attached hydrogens (primary N) is 1. The first-order valence-corrected chi connectivity index (χ1v) is 11.0. The molecule has 1 aromatic heterocycles. The number of carbonyl (C=O) groups excluding carboxylic acids is 1. The highest BCUT2D eigenvalue weighted by Gasteiger charge is 2.26. The Labute approximate surface area is 195 Å². The standard InChI is InChI=1S/C26H33N5O2/c1-19-14-20(2)31(28-19)17-22-12-9-13-23(15-22)25(27)29-33-18-24(32)30(26(3,4)5)16-21-10-7-6-8-11-21/h6-15H,16-18H2,1-5H3,(H2,27,29). The topological polar surface area (TPSA) is 85.7 Å². The van der Waals surface area contributed by atoms with E-state index in [1.54, 1.807) is 4.90 Å². The van der Waals surface area contributed by atoms with Crippen molar-refractivity contribution < 1.29 is 9.63 Å². The molecule has 1 amide bonds. The van der Waals surface area contributed by atoms with Crippen LogP contribution in [0.5, 0.6) is 0 Å². The van der Waals surface area contributed by atoms with E-state index in [-0.39, 0.29) is 23.9 Å². The number of rotatable bonds is 8. The van der Waals surface area contributed by atoms with Gasteiger partial charge in [-0.2, -0.15) is 5.10 Å². The number of amidine groups is 1. The normalized spacial score (nSPS) is 12.0. The lowest BCUT2D eigenvalue weighted by molar-refractivity contribution is -0.141. The van der Waals surface area contributed by atoms with Crippen LogP contribution in [0.2, 0.25) is 0 Å². The maximum atomic E-state index is 12.9. The van der Waals surface area contributed by atoms with Crippen molar-refractivity contribution in [1.82, 2.24) is 14.7 Å². The SMILES string of the molecule is Cc1cc(C)n(Cc2cccc(/C(N)=N/OCC(=O)N(Cc3ccccc3)C(C)(C)C)c2)n1. The number of nitrogens with zero attached hydrogens (tertiary/aromatic N) is 4. The summed E-state index contributed by atoms with van der Waals surface area (Å²) in [7, 11) is 0. The second kappa shape index (κ2) is 10.3. The first-order valence-electron chi connectivity index (χ1n) is 11.0. The molecule has 3 aromatic rings. The van der Waals surface area contributed by atoms with E-state index in [0.717, 1.165) is 28.1 Å². The van der Waals surface area contributed by atoms with E-state index in [1.807, 2.05) is 100.0 Å². The van der Waals surface area contributed by atoms with Gasteiger partial charge < -0.3 is 15.5 Å². The van der Waals surface area contributed by atoms with Crippen molar-refractivity contribution in [2.45, 2.75) is 53.2 Å². The molecule has 0 unspecified atom stereocenters. The molecule has 1 heterocycles. The Morgan fingerprint density at radius 1 is 1.06 bits per heavy atom. The molecule has 0 aliphatic rings. The van der Waals surface area contributed by atoms with Crippen LogP contribution in [0.25, 0.3) is 0 Å². The zero-order valence-electron chi connectivity index (χ0n) is 20.1. The van der Waals surface area contributed by atoms with Gasteiger partial charge in [-0.05, 0) is 57.9 Å². The highest BCUT2D eigenvalue weighted by Crippen LogP contribution is 2.18. The zero-order valence-corrected chi connectivity index (χ0v) is 20.1. The maximum Gasteiger partial charge on any atom is 0.264 e. The van der Waals surface area contributed by atoms with Gasteiger partial charge in [-0.15, -0.1) is 0 Å². The summed E-state index contributed by atoms with van der Waals surface area (Å²) in [6, 6.07) is 19.7. The Balaban J connectivity index is 1.64. The van der Waals surface area contributed by atoms with Gasteiger partial charge in [0.25, 0.3) is 5.91 Å². The Morgan fingerprint density at radius 3 is 2.39 bits per heavy atom. The van der Waals surface area contributed by atoms with Gasteiger partial charge in [-0.1, -0.05) is 53.7 Å². The summed E-state index contributed by atoms with van der Waals surface area (Å²) in [6.45, 7) is 11.0. The van der Waals surface area contributed by atoms with Crippen LogP contribution in [0.3, 0.4) is 0 Å². The molecular formula is C26H33N5O2. The van der Waals surface area contributed by atoms with Crippen LogP contribution < -0.4 is 5.73 Å². The average Bonchev–Trinajstić information content (AvgIpc) is 3.08. The summed E-state index contributed by atoms with van der Waals surface area (Å²) in [5.41, 5.74) is 10.7. The van der Waals surface area contributed by atoms with E-state index < -0.39 is 0 Å². The first-order chi connectivity index (χ1) is 15.6. The van der Waals surface area contributed by atoms with E-state index in [9.17, 15) is 4.79 Å². The molecule has 0 radical (unpaired) electrons. The van der Waals surface area contributed by atoms with Gasteiger partial charge in [0, 0.05) is 23.3 Å². The van der Waals surface area contributed by atoms with Crippen LogP contribution in [-0.2, 0) is 22.7 Å². The minimum absolute atomic E-state index is 0.152. The monoisotopic (exact) mass is 447 g/mol. The average molecular weight is 448 g/mol. The Kier molecular flexibility index (Phi) is 7.53. The number of benzene rings is 2. The molecule has 7 nitrogen and oxygen atoms in total. The van der Waals surface area contributed by atoms with Crippen molar-refractivity contribution in [3.63, 3.8) is 0 Å². The van der Waals surface area contributed by atoms with Gasteiger partial charge >= 0.3 is 0 Å². The molecule has 174 valence electrons. The lowest BCUT2D eigenvalue weighted by Crippen LogP contribution is -2.46. The van der Waals surface area contributed by atoms with Crippen molar-refractivity contribution in [3.8, 4) is 0 Å². The molecule has 0 aliphatic carbocycles. The van der Waals surface area contributed by atoms with Crippen molar-refractivity contribution in [1.29, 1.82) is 0 Å². The van der Waals surface area contributed by atoms with Crippen molar-refractivity contribution >= 4 is 11.7 Å². The van der Waals surface area contributed by atoms with Gasteiger partial charge in [-0.25, -0.2) is 0 Å². The molecule has 0 aliphatic heterocycles. The highest BCUT2D eigenvalue weighted by molar-refractivity contribution is 5.97. The fourth-order valence-electron chi connectivity index (χ4n) is 3.59. The lowest BCUT2D eigenvalue weighted by Gasteiger charge is -2.35. The minimum atomic E-state index is -0.358. The number of aromatic nitrogens is 2. The van der Waals surface area contributed by atoms with Crippen LogP contribution in [0.4, 0.5) is 0 Å². The second-order valence-electron chi connectivity index (χ2n) is 9.17. The molecular weight excluding hydrogens is 414 g/mol. The molecule has 0 spiro atoms. The molecule has 0 saturated carbocycles. The number of hydrogen-bond donors (Lipinski definition) is 1. The van der Waals surface area contributed by atoms with Crippen molar-refractivity contribution in [3.05, 3.63) is 88.7 Å². The molecule has 2 aromatic carbocycles. The van der Waals surface area contributed by atoms with Crippen molar-refractivity contribution in [2.24, 2.45) is 10.9 Å². The summed E-state index contributed by atoms with van der Waals surface area (Å²) in [6.07, 6.45) is 0. The van der Waals surface area contributed by atoms with Gasteiger partial charge in [0.05, 0.1) is 12.2 Å². The van der Waals surface area contributed by atoms with Crippen LogP contribution in [0, 0.1) is 13.8 Å². The molecule has 0 fully saturated rings. The van der Waals surface area contributed by atoms with Crippen LogP contribution in [-0.4, -0.2) is 38.6 Å². The van der Waals surface area contributed by atoms with Gasteiger partial charge in [-0.3, -0.25) is 9.48 Å². The smallest absolute Gasteiger partial charge is 0.264 e. The number of carbonyl (C=O) groups is 1. The number of hydrogen-bond acceptors (Lipinski definition) is 4. The number of oxime groups is 1. The molecule has 0 saturated heterocycles. The summed E-state index contributed by atoms with van der Waals surface area (Å²) in [5, 5.41) is 8.50. The maximum absolute atomic E-state index is 12.9. The third-order valence-corrected chi connectivity index (χ3v) is 5.30. The molecule has 3 rings (SSSR count). The fraction of sp³-hybridized carbons (Fsp3) is 0.346. The second-order valence-corrected chi connectivity index (χ2v) is 9.17. The predicted octanol–water partition coefficient (Wildman–Crippen LogP) is 4.01. The van der Waals surface area contributed by atoms with Crippen molar-refractivity contribution in [2.75, 3.05) is 6.61 Å². The Bertz CT molecular complexity index is 1110. The largest absolute Gasteiger partial charge is 0.384 e. The fourth-order valence-corrected chi connectivity index (χ4v) is 3.59. The van der Waals surface area contributed by atoms with Crippen LogP contribution in [0.1, 0.15) is 48.8 Å². The van der Waals surface area contributed by atoms with Gasteiger partial charge in [0.2, 0.25) is 0 Å². The summed E-state index contributed by atoms with van der Waals surface area (Å²) < 4.78 is 1.95. The predicted molar refractivity (Wildman–Crippen MR) is 131 cm³/mol. The summed E-state index contributed by atoms with van der Waals surface area (Å²) in [5.74, 6) is 0.0737. The summed E-state index contributed by atoms with van der Waals surface area (Å²) >= 11 is 0. The van der Waals surface area contributed by atoms with Gasteiger partial charge in [0.1, 0.15) is 0 Å². The Hall–Kier alpha value is -3.61. The molecule has 0 atom stereocenters. The summed E-state index contributed by atoms with van der Waals surface area (Å²) in [4.78, 5) is 20.0. The van der Waals surface area contributed by atoms with Gasteiger partial charge in [0.15, 0.2) is 12.4 Å². The Morgan fingerprint density at radius 2 is 1.76 bits per heavy atom. The first kappa shape index (κ1) is 24.0. The number of aryl methyl sites for hydroxylation is 2. The van der Waals surface area contributed by atoms with E-state index in [4.69, 9.17) is 10.6 Å². The quantitative estimate of drug-likeness (QED) is 0.321.